The van der Waals surface area contributed by atoms with Crippen molar-refractivity contribution in [2.24, 2.45) is 11.3 Å². The van der Waals surface area contributed by atoms with Crippen molar-refractivity contribution in [2.75, 3.05) is 13.1 Å². The van der Waals surface area contributed by atoms with Gasteiger partial charge in [0.15, 0.2) is 0 Å². The maximum atomic E-state index is 12.6. The van der Waals surface area contributed by atoms with Crippen molar-refractivity contribution in [3.63, 3.8) is 0 Å². The van der Waals surface area contributed by atoms with E-state index >= 15 is 0 Å². The van der Waals surface area contributed by atoms with Crippen LogP contribution in [0, 0.1) is 11.3 Å². The summed E-state index contributed by atoms with van der Waals surface area (Å²) < 4.78 is 0. The van der Waals surface area contributed by atoms with Gasteiger partial charge in [-0.25, -0.2) is 0 Å². The van der Waals surface area contributed by atoms with E-state index in [9.17, 15) is 4.79 Å². The Kier molecular flexibility index (Phi) is 2.69. The molecule has 3 atom stereocenters. The van der Waals surface area contributed by atoms with Crippen molar-refractivity contribution in [3.05, 3.63) is 0 Å². The molecule has 0 aromatic carbocycles. The summed E-state index contributed by atoms with van der Waals surface area (Å²) in [7, 11) is 0. The van der Waals surface area contributed by atoms with Crippen molar-refractivity contribution in [1.82, 2.24) is 10.2 Å². The smallest absolute Gasteiger partial charge is 0.226 e. The second-order valence-corrected chi connectivity index (χ2v) is 6.39. The number of hydrogen-bond acceptors (Lipinski definition) is 2. The highest BCUT2D eigenvalue weighted by Crippen LogP contribution is 2.59. The monoisotopic (exact) mass is 236 g/mol. The zero-order valence-corrected chi connectivity index (χ0v) is 11.0. The Bertz CT molecular complexity index is 312. The molecule has 3 unspecified atom stereocenters. The molecule has 3 fully saturated rings. The SMILES string of the molecule is CC1CCC(C)N1C(=O)C1CC12CCNCC2. The van der Waals surface area contributed by atoms with E-state index in [4.69, 9.17) is 0 Å². The van der Waals surface area contributed by atoms with Crippen LogP contribution in [0.1, 0.15) is 46.0 Å². The molecule has 3 nitrogen and oxygen atoms in total. The molecule has 0 aromatic heterocycles. The van der Waals surface area contributed by atoms with E-state index in [1.54, 1.807) is 0 Å². The lowest BCUT2D eigenvalue weighted by Gasteiger charge is -2.29. The number of hydrogen-bond donors (Lipinski definition) is 1. The number of carbonyl (C=O) groups is 1. The Hall–Kier alpha value is -0.570. The molecule has 3 heteroatoms. The Morgan fingerprint density at radius 3 is 2.35 bits per heavy atom. The normalized spacial score (nSPS) is 39.6. The van der Waals surface area contributed by atoms with Crippen LogP contribution in [0.15, 0.2) is 0 Å². The van der Waals surface area contributed by atoms with Gasteiger partial charge in [-0.05, 0) is 64.5 Å². The molecule has 2 aliphatic heterocycles. The number of amides is 1. The average molecular weight is 236 g/mol. The van der Waals surface area contributed by atoms with Crippen molar-refractivity contribution >= 4 is 5.91 Å². The van der Waals surface area contributed by atoms with Crippen molar-refractivity contribution in [3.8, 4) is 0 Å². The van der Waals surface area contributed by atoms with Crippen molar-refractivity contribution in [1.29, 1.82) is 0 Å². The zero-order valence-electron chi connectivity index (χ0n) is 11.0. The van der Waals surface area contributed by atoms with Gasteiger partial charge in [0.2, 0.25) is 5.91 Å². The number of likely N-dealkylation sites (tertiary alicyclic amines) is 1. The molecule has 0 aromatic rings. The van der Waals surface area contributed by atoms with Crippen LogP contribution in [0.3, 0.4) is 0 Å². The third-order valence-corrected chi connectivity index (χ3v) is 5.29. The minimum absolute atomic E-state index is 0.354. The highest BCUT2D eigenvalue weighted by molar-refractivity contribution is 5.83. The van der Waals surface area contributed by atoms with Crippen LogP contribution in [0.4, 0.5) is 0 Å². The number of nitrogens with one attached hydrogen (secondary N) is 1. The molecule has 3 aliphatic rings. The first kappa shape index (κ1) is 11.5. The molecule has 96 valence electrons. The van der Waals surface area contributed by atoms with Gasteiger partial charge in [-0.15, -0.1) is 0 Å². The molecule has 2 saturated heterocycles. The van der Waals surface area contributed by atoms with E-state index in [1.807, 2.05) is 0 Å². The summed E-state index contributed by atoms with van der Waals surface area (Å²) in [6.45, 7) is 6.63. The second-order valence-electron chi connectivity index (χ2n) is 6.39. The zero-order chi connectivity index (χ0) is 12.0. The minimum atomic E-state index is 0.354. The summed E-state index contributed by atoms with van der Waals surface area (Å²) in [6.07, 6.45) is 5.95. The van der Waals surface area contributed by atoms with Gasteiger partial charge in [-0.1, -0.05) is 0 Å². The fraction of sp³-hybridized carbons (Fsp3) is 0.929. The second kappa shape index (κ2) is 3.98. The molecule has 2 heterocycles. The summed E-state index contributed by atoms with van der Waals surface area (Å²) in [5.41, 5.74) is 0.393. The van der Waals surface area contributed by atoms with Gasteiger partial charge < -0.3 is 10.2 Å². The van der Waals surface area contributed by atoms with E-state index in [0.717, 1.165) is 19.5 Å². The van der Waals surface area contributed by atoms with E-state index in [-0.39, 0.29) is 0 Å². The van der Waals surface area contributed by atoms with Gasteiger partial charge in [0.1, 0.15) is 0 Å². The maximum absolute atomic E-state index is 12.6. The van der Waals surface area contributed by atoms with Gasteiger partial charge in [0.25, 0.3) is 0 Å². The molecule has 1 N–H and O–H groups in total. The van der Waals surface area contributed by atoms with Crippen LogP contribution in [-0.4, -0.2) is 36.0 Å². The summed E-state index contributed by atoms with van der Waals surface area (Å²) in [4.78, 5) is 14.8. The number of piperidine rings is 1. The number of carbonyl (C=O) groups excluding carboxylic acids is 1. The quantitative estimate of drug-likeness (QED) is 0.752. The Labute approximate surface area is 104 Å². The van der Waals surface area contributed by atoms with Crippen LogP contribution in [0.25, 0.3) is 0 Å². The lowest BCUT2D eigenvalue weighted by atomic mass is 9.91. The topological polar surface area (TPSA) is 32.3 Å². The third kappa shape index (κ3) is 1.79. The summed E-state index contributed by atoms with van der Waals surface area (Å²) in [5.74, 6) is 0.817. The maximum Gasteiger partial charge on any atom is 0.226 e. The summed E-state index contributed by atoms with van der Waals surface area (Å²) >= 11 is 0. The molecule has 0 radical (unpaired) electrons. The van der Waals surface area contributed by atoms with E-state index in [1.165, 1.54) is 25.7 Å². The molecule has 1 spiro atoms. The Balaban J connectivity index is 1.68. The summed E-state index contributed by atoms with van der Waals surface area (Å²) in [6, 6.07) is 0.939. The van der Waals surface area contributed by atoms with E-state index in [0.29, 0.717) is 29.3 Å². The van der Waals surface area contributed by atoms with Gasteiger partial charge >= 0.3 is 0 Å². The first-order valence-electron chi connectivity index (χ1n) is 7.17. The number of nitrogens with zero attached hydrogens (tertiary/aromatic N) is 1. The van der Waals surface area contributed by atoms with Crippen LogP contribution >= 0.6 is 0 Å². The average Bonchev–Trinajstić information content (AvgIpc) is 2.90. The van der Waals surface area contributed by atoms with Gasteiger partial charge in [0, 0.05) is 18.0 Å². The fourth-order valence-electron chi connectivity index (χ4n) is 3.98. The van der Waals surface area contributed by atoms with Crippen LogP contribution in [0.5, 0.6) is 0 Å². The Morgan fingerprint density at radius 1 is 1.18 bits per heavy atom. The molecule has 3 rings (SSSR count). The van der Waals surface area contributed by atoms with Gasteiger partial charge in [-0.2, -0.15) is 0 Å². The standard InChI is InChI=1S/C14H24N2O/c1-10-3-4-11(2)16(10)13(17)12-9-14(12)5-7-15-8-6-14/h10-12,15H,3-9H2,1-2H3. The Morgan fingerprint density at radius 2 is 1.76 bits per heavy atom. The van der Waals surface area contributed by atoms with Crippen LogP contribution in [0.2, 0.25) is 0 Å². The first-order valence-corrected chi connectivity index (χ1v) is 7.17. The third-order valence-electron chi connectivity index (χ3n) is 5.29. The highest BCUT2D eigenvalue weighted by Gasteiger charge is 2.59. The molecule has 1 amide bonds. The molecule has 1 saturated carbocycles. The minimum Gasteiger partial charge on any atom is -0.337 e. The van der Waals surface area contributed by atoms with Crippen molar-refractivity contribution in [2.45, 2.75) is 58.0 Å². The van der Waals surface area contributed by atoms with Crippen LogP contribution in [-0.2, 0) is 4.79 Å². The molecule has 17 heavy (non-hydrogen) atoms. The molecule has 0 bridgehead atoms. The highest BCUT2D eigenvalue weighted by atomic mass is 16.2. The predicted molar refractivity (Wildman–Crippen MR) is 67.6 cm³/mol. The van der Waals surface area contributed by atoms with E-state index in [2.05, 4.69) is 24.1 Å². The molecular weight excluding hydrogens is 212 g/mol. The van der Waals surface area contributed by atoms with Gasteiger partial charge in [-0.3, -0.25) is 4.79 Å². The number of rotatable bonds is 1. The lowest BCUT2D eigenvalue weighted by Crippen LogP contribution is -2.41. The van der Waals surface area contributed by atoms with Crippen LogP contribution < -0.4 is 5.32 Å². The summed E-state index contributed by atoms with van der Waals surface area (Å²) in [5, 5.41) is 3.40. The molecule has 1 aliphatic carbocycles. The van der Waals surface area contributed by atoms with Crippen molar-refractivity contribution < 1.29 is 4.79 Å². The lowest BCUT2D eigenvalue weighted by molar-refractivity contribution is -0.135. The largest absolute Gasteiger partial charge is 0.337 e. The predicted octanol–water partition coefficient (Wildman–Crippen LogP) is 1.78. The van der Waals surface area contributed by atoms with Gasteiger partial charge in [0.05, 0.1) is 0 Å². The van der Waals surface area contributed by atoms with E-state index < -0.39 is 0 Å². The first-order chi connectivity index (χ1) is 8.14. The molecular formula is C14H24N2O. The fourth-order valence-corrected chi connectivity index (χ4v) is 3.98.